The first kappa shape index (κ1) is 22.3. The van der Waals surface area contributed by atoms with E-state index in [0.717, 1.165) is 0 Å². The molecule has 0 spiro atoms. The van der Waals surface area contributed by atoms with Crippen molar-refractivity contribution in [1.29, 1.82) is 0 Å². The third-order valence-electron chi connectivity index (χ3n) is 4.94. The fourth-order valence-electron chi connectivity index (χ4n) is 3.11. The number of aliphatic hydroxyl groups is 6. The van der Waals surface area contributed by atoms with Crippen LogP contribution in [0.1, 0.15) is 5.56 Å². The van der Waals surface area contributed by atoms with E-state index in [1.807, 2.05) is 0 Å². The van der Waals surface area contributed by atoms with E-state index in [1.165, 1.54) is 6.07 Å². The van der Waals surface area contributed by atoms with Crippen LogP contribution in [0.15, 0.2) is 24.3 Å². The number of aromatic hydroxyl groups is 1. The van der Waals surface area contributed by atoms with Crippen LogP contribution in [-0.4, -0.2) is 104 Å². The molecule has 0 bridgehead atoms. The highest BCUT2D eigenvalue weighted by atomic mass is 16.7. The highest BCUT2D eigenvalue weighted by Crippen LogP contribution is 2.26. The summed E-state index contributed by atoms with van der Waals surface area (Å²) >= 11 is 0. The number of aliphatic hydroxyl groups excluding tert-OH is 6. The molecule has 0 radical (unpaired) electrons. The molecule has 9 unspecified atom stereocenters. The topological polar surface area (TPSA) is 179 Å². The van der Waals surface area contributed by atoms with Gasteiger partial charge < -0.3 is 54.7 Å². The second kappa shape index (κ2) is 9.62. The lowest BCUT2D eigenvalue weighted by Gasteiger charge is -2.41. The van der Waals surface area contributed by atoms with Gasteiger partial charge in [-0.15, -0.1) is 0 Å². The van der Waals surface area contributed by atoms with Crippen LogP contribution < -0.4 is 0 Å². The highest BCUT2D eigenvalue weighted by molar-refractivity contribution is 5.30. The van der Waals surface area contributed by atoms with Crippen LogP contribution in [0.2, 0.25) is 0 Å². The molecule has 1 aromatic carbocycles. The van der Waals surface area contributed by atoms with Crippen molar-refractivity contribution >= 4 is 0 Å². The van der Waals surface area contributed by atoms with E-state index in [2.05, 4.69) is 0 Å². The number of hydrogen-bond acceptors (Lipinski definition) is 11. The summed E-state index contributed by atoms with van der Waals surface area (Å²) in [6.45, 7) is -0.754. The van der Waals surface area contributed by atoms with E-state index in [9.17, 15) is 35.7 Å². The van der Waals surface area contributed by atoms with Gasteiger partial charge in [0, 0.05) is 5.56 Å². The summed E-state index contributed by atoms with van der Waals surface area (Å²) in [6, 6.07) is 6.40. The van der Waals surface area contributed by atoms with Gasteiger partial charge in [0.25, 0.3) is 0 Å². The van der Waals surface area contributed by atoms with Crippen molar-refractivity contribution in [3.8, 4) is 5.75 Å². The quantitative estimate of drug-likeness (QED) is 0.253. The summed E-state index contributed by atoms with van der Waals surface area (Å²) in [5, 5.41) is 69.1. The Balaban J connectivity index is 1.58. The van der Waals surface area contributed by atoms with Gasteiger partial charge in [0.05, 0.1) is 19.8 Å². The number of ether oxygens (including phenoxy) is 4. The molecule has 2 heterocycles. The Morgan fingerprint density at radius 2 is 1.52 bits per heavy atom. The molecule has 2 aliphatic rings. The normalized spacial score (nSPS) is 40.7. The Morgan fingerprint density at radius 3 is 2.24 bits per heavy atom. The molecule has 29 heavy (non-hydrogen) atoms. The molecule has 3 rings (SSSR count). The number of rotatable bonds is 6. The zero-order valence-corrected chi connectivity index (χ0v) is 15.4. The minimum atomic E-state index is -1.60. The van der Waals surface area contributed by atoms with Crippen LogP contribution in [0, 0.1) is 0 Å². The number of phenols is 1. The van der Waals surface area contributed by atoms with Crippen LogP contribution >= 0.6 is 0 Å². The summed E-state index contributed by atoms with van der Waals surface area (Å²) in [6.07, 6.45) is -12.7. The molecular formula is C18H26O11. The predicted molar refractivity (Wildman–Crippen MR) is 93.3 cm³/mol. The first-order valence-corrected chi connectivity index (χ1v) is 9.15. The molecule has 0 saturated carbocycles. The van der Waals surface area contributed by atoms with Gasteiger partial charge in [0.2, 0.25) is 0 Å². The first-order valence-electron chi connectivity index (χ1n) is 9.15. The van der Waals surface area contributed by atoms with Crippen molar-refractivity contribution in [3.05, 3.63) is 29.8 Å². The van der Waals surface area contributed by atoms with Gasteiger partial charge in [0.1, 0.15) is 48.5 Å². The second-order valence-corrected chi connectivity index (χ2v) is 7.04. The van der Waals surface area contributed by atoms with Crippen molar-refractivity contribution in [2.75, 3.05) is 13.2 Å². The fraction of sp³-hybridized carbons (Fsp3) is 0.667. The molecule has 11 nitrogen and oxygen atoms in total. The maximum Gasteiger partial charge on any atom is 0.187 e. The van der Waals surface area contributed by atoms with Gasteiger partial charge in [0.15, 0.2) is 12.6 Å². The third-order valence-corrected chi connectivity index (χ3v) is 4.94. The lowest BCUT2D eigenvalue weighted by Crippen LogP contribution is -2.60. The zero-order chi connectivity index (χ0) is 21.1. The Labute approximate surface area is 166 Å². The van der Waals surface area contributed by atoms with Gasteiger partial charge in [-0.1, -0.05) is 18.2 Å². The maximum atomic E-state index is 10.1. The minimum Gasteiger partial charge on any atom is -0.508 e. The molecule has 2 aliphatic heterocycles. The standard InChI is InChI=1S/C18H26O11/c19-9-4-2-1-3-8(9)5-26-18-16(25)14(23)13(22)11(29-18)7-28-17-15(24)12(21)10(20)6-27-17/h1-4,10-25H,5-7H2. The van der Waals surface area contributed by atoms with Crippen molar-refractivity contribution in [1.82, 2.24) is 0 Å². The van der Waals surface area contributed by atoms with E-state index >= 15 is 0 Å². The van der Waals surface area contributed by atoms with Crippen molar-refractivity contribution < 1.29 is 54.7 Å². The smallest absolute Gasteiger partial charge is 0.187 e. The Bertz CT molecular complexity index is 658. The van der Waals surface area contributed by atoms with E-state index < -0.39 is 55.3 Å². The van der Waals surface area contributed by atoms with Crippen molar-refractivity contribution in [2.45, 2.75) is 61.9 Å². The van der Waals surface area contributed by atoms with E-state index in [1.54, 1.807) is 18.2 Å². The zero-order valence-electron chi connectivity index (χ0n) is 15.4. The second-order valence-electron chi connectivity index (χ2n) is 7.04. The molecule has 0 aliphatic carbocycles. The van der Waals surface area contributed by atoms with E-state index in [4.69, 9.17) is 18.9 Å². The minimum absolute atomic E-state index is 0.0116. The van der Waals surface area contributed by atoms with Crippen LogP contribution in [-0.2, 0) is 25.6 Å². The number of phenolic OH excluding ortho intramolecular Hbond substituents is 1. The van der Waals surface area contributed by atoms with Gasteiger partial charge in [-0.05, 0) is 6.07 Å². The number of benzene rings is 1. The van der Waals surface area contributed by atoms with Crippen molar-refractivity contribution in [3.63, 3.8) is 0 Å². The summed E-state index contributed by atoms with van der Waals surface area (Å²) in [5.41, 5.74) is 0.433. The average molecular weight is 418 g/mol. The molecule has 2 fully saturated rings. The van der Waals surface area contributed by atoms with Gasteiger partial charge in [-0.2, -0.15) is 0 Å². The molecular weight excluding hydrogens is 392 g/mol. The molecule has 1 aromatic rings. The molecule has 0 aromatic heterocycles. The lowest BCUT2D eigenvalue weighted by atomic mass is 9.99. The van der Waals surface area contributed by atoms with Gasteiger partial charge in [-0.25, -0.2) is 0 Å². The molecule has 7 N–H and O–H groups in total. The van der Waals surface area contributed by atoms with E-state index in [0.29, 0.717) is 5.56 Å². The van der Waals surface area contributed by atoms with Crippen LogP contribution in [0.5, 0.6) is 5.75 Å². The SMILES string of the molecule is Oc1ccccc1COC1OC(COC2OCC(O)C(O)C2O)C(O)C(O)C1O. The predicted octanol–water partition coefficient (Wildman–Crippen LogP) is -2.83. The molecule has 164 valence electrons. The number of hydrogen-bond donors (Lipinski definition) is 7. The summed E-state index contributed by atoms with van der Waals surface area (Å²) < 4.78 is 21.3. The van der Waals surface area contributed by atoms with Crippen LogP contribution in [0.4, 0.5) is 0 Å². The average Bonchev–Trinajstić information content (AvgIpc) is 2.71. The monoisotopic (exact) mass is 418 g/mol. The van der Waals surface area contributed by atoms with Gasteiger partial charge in [-0.3, -0.25) is 0 Å². The lowest BCUT2D eigenvalue weighted by molar-refractivity contribution is -0.322. The molecule has 2 saturated heterocycles. The van der Waals surface area contributed by atoms with Crippen LogP contribution in [0.3, 0.4) is 0 Å². The Hall–Kier alpha value is -1.38. The molecule has 9 atom stereocenters. The summed E-state index contributed by atoms with van der Waals surface area (Å²) in [5.74, 6) is -0.0116. The Morgan fingerprint density at radius 1 is 0.828 bits per heavy atom. The molecule has 11 heteroatoms. The highest BCUT2D eigenvalue weighted by Gasteiger charge is 2.45. The maximum absolute atomic E-state index is 10.1. The molecule has 0 amide bonds. The third kappa shape index (κ3) is 5.03. The number of para-hydroxylation sites is 1. The fourth-order valence-corrected chi connectivity index (χ4v) is 3.11. The summed E-state index contributed by atoms with van der Waals surface area (Å²) in [4.78, 5) is 0. The van der Waals surface area contributed by atoms with Gasteiger partial charge >= 0.3 is 0 Å². The first-order chi connectivity index (χ1) is 13.8. The van der Waals surface area contributed by atoms with Crippen LogP contribution in [0.25, 0.3) is 0 Å². The van der Waals surface area contributed by atoms with E-state index in [-0.39, 0.29) is 25.6 Å². The summed E-state index contributed by atoms with van der Waals surface area (Å²) in [7, 11) is 0. The largest absolute Gasteiger partial charge is 0.508 e. The van der Waals surface area contributed by atoms with Crippen molar-refractivity contribution in [2.24, 2.45) is 0 Å². The Kier molecular flexibility index (Phi) is 7.40.